The number of rotatable bonds is 6. The monoisotopic (exact) mass is 1390 g/mol. The van der Waals surface area contributed by atoms with Crippen molar-refractivity contribution in [3.63, 3.8) is 0 Å². The fourth-order valence-corrected chi connectivity index (χ4v) is 17.8. The zero-order valence-electron chi connectivity index (χ0n) is 42.2. The van der Waals surface area contributed by atoms with Gasteiger partial charge in [0.2, 0.25) is 0 Å². The molecule has 15 aromatic carbocycles. The largest absolute Gasteiger partial charge is 1.00 e. The maximum Gasteiger partial charge on any atom is 1.00 e. The van der Waals surface area contributed by atoms with Gasteiger partial charge in [0.15, 0.2) is 0 Å². The van der Waals surface area contributed by atoms with Crippen molar-refractivity contribution in [1.29, 1.82) is 0 Å². The van der Waals surface area contributed by atoms with Crippen molar-refractivity contribution in [3.05, 3.63) is 303 Å². The molecule has 15 aromatic rings. The Morgan fingerprint density at radius 2 is 0.462 bits per heavy atom. The zero-order valence-corrected chi connectivity index (χ0v) is 48.5. The molecule has 0 saturated carbocycles. The Bertz CT molecular complexity index is 4180. The first-order chi connectivity index (χ1) is 37.7. The third-order valence-corrected chi connectivity index (χ3v) is 20.9. The molecule has 374 valence electrons. The molecule has 78 heavy (non-hydrogen) atoms. The molecule has 0 radical (unpaired) electrons. The molecule has 0 saturated heterocycles. The van der Waals surface area contributed by atoms with Gasteiger partial charge in [0.25, 0.3) is 0 Å². The van der Waals surface area contributed by atoms with Gasteiger partial charge in [-0.15, -0.1) is 23.3 Å². The van der Waals surface area contributed by atoms with Crippen molar-refractivity contribution in [2.75, 3.05) is 0 Å². The van der Waals surface area contributed by atoms with Crippen LogP contribution in [0.5, 0.6) is 0 Å². The quantitative estimate of drug-likeness (QED) is 0.0389. The molecule has 0 N–H and O–H groups in total. The van der Waals surface area contributed by atoms with Crippen molar-refractivity contribution >= 4 is 134 Å². The smallest absolute Gasteiger partial charge is 0.366 e. The summed E-state index contributed by atoms with van der Waals surface area (Å²) in [6.07, 6.45) is 15.1. The molecule has 0 fully saturated rings. The molecule has 0 nitrogen and oxygen atoms in total. The molecule has 0 aliphatic heterocycles. The molecule has 0 aromatic heterocycles. The van der Waals surface area contributed by atoms with Gasteiger partial charge in [0.05, 0.1) is 0 Å². The van der Waals surface area contributed by atoms with E-state index in [0.29, 0.717) is 0 Å². The van der Waals surface area contributed by atoms with Gasteiger partial charge in [-0.25, -0.2) is 0 Å². The third kappa shape index (κ3) is 9.43. The van der Waals surface area contributed by atoms with Crippen LogP contribution in [0.1, 0.15) is 11.1 Å². The van der Waals surface area contributed by atoms with Crippen LogP contribution in [0.15, 0.2) is 279 Å². The van der Waals surface area contributed by atoms with Crippen molar-refractivity contribution in [2.45, 2.75) is 0 Å². The summed E-state index contributed by atoms with van der Waals surface area (Å²) in [7, 11) is -2.28. The normalized spacial score (nSPS) is 11.1. The second kappa shape index (κ2) is 23.1. The van der Waals surface area contributed by atoms with Gasteiger partial charge in [-0.2, -0.15) is 0 Å². The van der Waals surface area contributed by atoms with E-state index in [1.54, 1.807) is 0 Å². The minimum Gasteiger partial charge on any atom is -0.366 e. The molecule has 0 aliphatic rings. The summed E-state index contributed by atoms with van der Waals surface area (Å²) in [6, 6.07) is 100. The maximum atomic E-state index is 7.55. The van der Waals surface area contributed by atoms with E-state index in [1.165, 1.54) is 107 Å². The fourth-order valence-electron chi connectivity index (χ4n) is 11.8. The van der Waals surface area contributed by atoms with Crippen LogP contribution < -0.4 is 31.8 Å². The number of hydrogen-bond acceptors (Lipinski definition) is 0. The van der Waals surface area contributed by atoms with Crippen LogP contribution in [-0.4, -0.2) is 0 Å². The second-order valence-electron chi connectivity index (χ2n) is 19.2. The van der Waals surface area contributed by atoms with Crippen molar-refractivity contribution in [3.8, 4) is 11.8 Å². The fraction of sp³-hybridized carbons (Fsp3) is 0. The van der Waals surface area contributed by atoms with Crippen molar-refractivity contribution < 1.29 is 44.8 Å². The second-order valence-corrected chi connectivity index (χ2v) is 24.1. The predicted molar refractivity (Wildman–Crippen MR) is 334 cm³/mol. The minimum absolute atomic E-state index is 0. The Kier molecular flexibility index (Phi) is 15.5. The molecule has 0 aliphatic carbocycles. The average molecular weight is 1390 g/mol. The molecular weight excluding hydrogens is 1340 g/mol. The first-order valence-corrected chi connectivity index (χ1v) is 28.8. The van der Waals surface area contributed by atoms with E-state index in [0.717, 1.165) is 21.9 Å². The number of benzene rings is 15. The summed E-state index contributed by atoms with van der Waals surface area (Å²) >= 11 is 0. The van der Waals surface area contributed by atoms with Gasteiger partial charge in [0, 0.05) is 0 Å². The summed E-state index contributed by atoms with van der Waals surface area (Å²) in [5.74, 6) is 5.14. The SMILES string of the molecule is [Au+].[Au+].[C-]#Cc1ccc2c3cccc4cccc(c5cccc1c52)c43.[C-]#Cc1ccc2c3cccc4cccc(c5cccc1c52)c43.c1ccc([PH+](c2ccccc2)c2ccccc2[PH+](c2ccccc2)c2ccccc2)cc1. The third-order valence-electron chi connectivity index (χ3n) is 15.0. The van der Waals surface area contributed by atoms with Crippen LogP contribution in [0.4, 0.5) is 0 Å². The molecule has 0 bridgehead atoms. The molecule has 0 atom stereocenters. The first kappa shape index (κ1) is 52.4. The van der Waals surface area contributed by atoms with Gasteiger partial charge in [-0.05, 0) is 136 Å². The van der Waals surface area contributed by atoms with E-state index in [1.807, 2.05) is 12.1 Å². The topological polar surface area (TPSA) is 0 Å². The van der Waals surface area contributed by atoms with E-state index >= 15 is 0 Å². The average Bonchev–Trinajstić information content (AvgIpc) is 3.64. The zero-order chi connectivity index (χ0) is 51.0. The van der Waals surface area contributed by atoms with Gasteiger partial charge >= 0.3 is 44.8 Å². The Hall–Kier alpha value is -7.64. The maximum absolute atomic E-state index is 7.55. The van der Waals surface area contributed by atoms with Crippen LogP contribution in [0.2, 0.25) is 0 Å². The molecular formula is C74H48Au2P2+2. The van der Waals surface area contributed by atoms with Gasteiger partial charge < -0.3 is 12.8 Å². The van der Waals surface area contributed by atoms with E-state index in [4.69, 9.17) is 12.8 Å². The molecule has 0 heterocycles. The molecule has 4 heteroatoms. The van der Waals surface area contributed by atoms with Crippen molar-refractivity contribution in [1.82, 2.24) is 0 Å². The van der Waals surface area contributed by atoms with Crippen LogP contribution >= 0.6 is 15.8 Å². The molecule has 0 unspecified atom stereocenters. The summed E-state index contributed by atoms with van der Waals surface area (Å²) in [5.41, 5.74) is 1.71. The number of hydrogen-bond donors (Lipinski definition) is 0. The Balaban J connectivity index is 0.000000125. The van der Waals surface area contributed by atoms with Crippen LogP contribution in [0, 0.1) is 24.7 Å². The van der Waals surface area contributed by atoms with Crippen LogP contribution in [0.3, 0.4) is 0 Å². The molecule has 0 amide bonds. The molecule has 15 rings (SSSR count). The summed E-state index contributed by atoms with van der Waals surface area (Å²) in [6.45, 7) is 0. The van der Waals surface area contributed by atoms with E-state index < -0.39 is 15.8 Å². The number of fused-ring (bicyclic) bond motifs is 4. The van der Waals surface area contributed by atoms with E-state index in [2.05, 4.69) is 279 Å². The standard InChI is InChI=1S/C30H24P2.2C22H11.2Au/c1-5-15-25(16-6-1)31(26-17-7-2-8-18-26)29-23-13-14-24-30(29)32(27-19-9-3-10-20-27)28-21-11-4-12-22-28;2*1-2-14-12-13-20-18-10-4-7-15-6-3-9-17(21(15)18)19-11-5-8-16(14)22(19)20;;/h1-24H;2*3-13H;;/q;2*-1;2*+1/p+2. The minimum atomic E-state index is -1.14. The van der Waals surface area contributed by atoms with Crippen LogP contribution in [-0.2, 0) is 44.8 Å². The summed E-state index contributed by atoms with van der Waals surface area (Å²) in [5, 5.41) is 28.8. The Morgan fingerprint density at radius 3 is 0.756 bits per heavy atom. The first-order valence-electron chi connectivity index (χ1n) is 25.8. The van der Waals surface area contributed by atoms with E-state index in [-0.39, 0.29) is 44.8 Å². The van der Waals surface area contributed by atoms with Gasteiger partial charge in [-0.1, -0.05) is 217 Å². The predicted octanol–water partition coefficient (Wildman–Crippen LogP) is 16.0. The van der Waals surface area contributed by atoms with Gasteiger partial charge in [0.1, 0.15) is 47.7 Å². The van der Waals surface area contributed by atoms with Crippen LogP contribution in [0.25, 0.3) is 86.2 Å². The Labute approximate surface area is 489 Å². The Morgan fingerprint density at radius 1 is 0.218 bits per heavy atom. The van der Waals surface area contributed by atoms with E-state index in [9.17, 15) is 0 Å². The van der Waals surface area contributed by atoms with Crippen molar-refractivity contribution in [2.24, 2.45) is 0 Å². The van der Waals surface area contributed by atoms with Gasteiger partial charge in [-0.3, -0.25) is 11.8 Å². The summed E-state index contributed by atoms with van der Waals surface area (Å²) in [4.78, 5) is 0. The summed E-state index contributed by atoms with van der Waals surface area (Å²) < 4.78 is 0. The molecule has 0 spiro atoms.